The summed E-state index contributed by atoms with van der Waals surface area (Å²) in [5.41, 5.74) is 4.37. The Morgan fingerprint density at radius 3 is 2.83 bits per heavy atom. The minimum Gasteiger partial charge on any atom is -0.368 e. The van der Waals surface area contributed by atoms with Crippen molar-refractivity contribution >= 4 is 5.91 Å². The van der Waals surface area contributed by atoms with Crippen LogP contribution in [0.25, 0.3) is 0 Å². The number of aryl methyl sites for hydroxylation is 1. The predicted molar refractivity (Wildman–Crippen MR) is 88.1 cm³/mol. The summed E-state index contributed by atoms with van der Waals surface area (Å²) in [6.45, 7) is 5.97. The predicted octanol–water partition coefficient (Wildman–Crippen LogP) is 2.34. The number of rotatable bonds is 5. The largest absolute Gasteiger partial charge is 0.368 e. The Morgan fingerprint density at radius 1 is 1.35 bits per heavy atom. The average molecular weight is 313 g/mol. The van der Waals surface area contributed by atoms with Crippen LogP contribution < -0.4 is 5.32 Å². The first kappa shape index (κ1) is 15.7. The van der Waals surface area contributed by atoms with Crippen LogP contribution in [0, 0.1) is 13.8 Å². The van der Waals surface area contributed by atoms with Gasteiger partial charge in [-0.05, 0) is 32.3 Å². The van der Waals surface area contributed by atoms with Gasteiger partial charge >= 0.3 is 0 Å². The molecule has 122 valence electrons. The summed E-state index contributed by atoms with van der Waals surface area (Å²) < 4.78 is 7.41. The van der Waals surface area contributed by atoms with Crippen LogP contribution in [0.5, 0.6) is 0 Å². The average Bonchev–Trinajstić information content (AvgIpc) is 3.17. The second-order valence-corrected chi connectivity index (χ2v) is 6.01. The third kappa shape index (κ3) is 3.62. The molecule has 2 heterocycles. The molecule has 1 aliphatic rings. The quantitative estimate of drug-likeness (QED) is 0.922. The van der Waals surface area contributed by atoms with E-state index >= 15 is 0 Å². The molecule has 1 N–H and O–H groups in total. The topological polar surface area (TPSA) is 56.2 Å². The van der Waals surface area contributed by atoms with Gasteiger partial charge in [-0.1, -0.05) is 30.3 Å². The van der Waals surface area contributed by atoms with Gasteiger partial charge in [-0.3, -0.25) is 9.48 Å². The highest BCUT2D eigenvalue weighted by atomic mass is 16.5. The number of amides is 1. The monoisotopic (exact) mass is 313 g/mol. The number of benzene rings is 1. The Kier molecular flexibility index (Phi) is 4.76. The molecule has 2 aromatic rings. The molecule has 0 radical (unpaired) electrons. The zero-order chi connectivity index (χ0) is 16.2. The van der Waals surface area contributed by atoms with E-state index in [9.17, 15) is 4.79 Å². The summed E-state index contributed by atoms with van der Waals surface area (Å²) in [7, 11) is 0. The Morgan fingerprint density at radius 2 is 2.13 bits per heavy atom. The number of nitrogens with one attached hydrogen (secondary N) is 1. The first-order valence-electron chi connectivity index (χ1n) is 8.11. The first-order chi connectivity index (χ1) is 11.1. The highest BCUT2D eigenvalue weighted by Crippen LogP contribution is 2.16. The first-order valence-corrected chi connectivity index (χ1v) is 8.11. The van der Waals surface area contributed by atoms with Crippen LogP contribution in [0.3, 0.4) is 0 Å². The van der Waals surface area contributed by atoms with Crippen molar-refractivity contribution in [2.24, 2.45) is 0 Å². The van der Waals surface area contributed by atoms with Crippen LogP contribution in [0.2, 0.25) is 0 Å². The van der Waals surface area contributed by atoms with E-state index in [2.05, 4.69) is 29.5 Å². The molecule has 0 bridgehead atoms. The molecule has 1 aromatic carbocycles. The lowest BCUT2D eigenvalue weighted by Crippen LogP contribution is -2.33. The maximum atomic E-state index is 12.1. The van der Waals surface area contributed by atoms with Gasteiger partial charge in [0.2, 0.25) is 5.91 Å². The van der Waals surface area contributed by atoms with Gasteiger partial charge in [-0.25, -0.2) is 0 Å². The lowest BCUT2D eigenvalue weighted by Gasteiger charge is -2.11. The van der Waals surface area contributed by atoms with E-state index in [0.717, 1.165) is 36.3 Å². The fraction of sp³-hybridized carbons (Fsp3) is 0.444. The summed E-state index contributed by atoms with van der Waals surface area (Å²) in [5, 5.41) is 7.60. The molecule has 0 saturated carbocycles. The number of ether oxygens (including phenoxy) is 1. The van der Waals surface area contributed by atoms with Crippen LogP contribution in [-0.2, 0) is 22.6 Å². The van der Waals surface area contributed by atoms with E-state index in [1.807, 2.05) is 29.8 Å². The molecule has 1 atom stereocenters. The third-order valence-corrected chi connectivity index (χ3v) is 4.37. The molecule has 1 saturated heterocycles. The van der Waals surface area contributed by atoms with Crippen molar-refractivity contribution in [1.29, 1.82) is 0 Å². The van der Waals surface area contributed by atoms with Gasteiger partial charge in [0.05, 0.1) is 12.2 Å². The Balaban J connectivity index is 1.67. The van der Waals surface area contributed by atoms with E-state index in [1.54, 1.807) is 0 Å². The molecule has 3 rings (SSSR count). The molecule has 0 unspecified atom stereocenters. The summed E-state index contributed by atoms with van der Waals surface area (Å²) in [6.07, 6.45) is 1.50. The molecule has 0 aliphatic carbocycles. The van der Waals surface area contributed by atoms with E-state index < -0.39 is 0 Å². The molecule has 1 fully saturated rings. The van der Waals surface area contributed by atoms with Gasteiger partial charge in [0.15, 0.2) is 0 Å². The second kappa shape index (κ2) is 6.96. The zero-order valence-electron chi connectivity index (χ0n) is 13.7. The van der Waals surface area contributed by atoms with Crippen molar-refractivity contribution in [3.05, 3.63) is 52.8 Å². The fourth-order valence-electron chi connectivity index (χ4n) is 2.97. The smallest absolute Gasteiger partial charge is 0.249 e. The minimum atomic E-state index is -0.282. The van der Waals surface area contributed by atoms with Gasteiger partial charge in [0.25, 0.3) is 0 Å². The van der Waals surface area contributed by atoms with Crippen molar-refractivity contribution in [3.63, 3.8) is 0 Å². The number of carbonyl (C=O) groups excluding carboxylic acids is 1. The number of nitrogens with zero attached hydrogens (tertiary/aromatic N) is 2. The van der Waals surface area contributed by atoms with Gasteiger partial charge in [-0.15, -0.1) is 0 Å². The van der Waals surface area contributed by atoms with Crippen molar-refractivity contribution in [1.82, 2.24) is 15.1 Å². The number of hydrogen-bond donors (Lipinski definition) is 1. The molecular weight excluding hydrogens is 290 g/mol. The van der Waals surface area contributed by atoms with Gasteiger partial charge in [0, 0.05) is 24.4 Å². The van der Waals surface area contributed by atoms with Crippen molar-refractivity contribution in [2.45, 2.75) is 45.9 Å². The lowest BCUT2D eigenvalue weighted by molar-refractivity contribution is -0.130. The van der Waals surface area contributed by atoms with E-state index in [0.29, 0.717) is 13.2 Å². The van der Waals surface area contributed by atoms with E-state index in [4.69, 9.17) is 4.74 Å². The SMILES string of the molecule is Cc1nn(Cc2ccccc2)c(C)c1CNC(=O)[C@@H]1CCCO1. The maximum absolute atomic E-state index is 12.1. The summed E-state index contributed by atoms with van der Waals surface area (Å²) in [6, 6.07) is 10.3. The van der Waals surface area contributed by atoms with Crippen molar-refractivity contribution in [3.8, 4) is 0 Å². The van der Waals surface area contributed by atoms with Crippen LogP contribution in [0.1, 0.15) is 35.4 Å². The van der Waals surface area contributed by atoms with E-state index in [-0.39, 0.29) is 12.0 Å². The lowest BCUT2D eigenvalue weighted by atomic mass is 10.1. The summed E-state index contributed by atoms with van der Waals surface area (Å²) in [4.78, 5) is 12.1. The number of carbonyl (C=O) groups is 1. The second-order valence-electron chi connectivity index (χ2n) is 6.01. The molecule has 1 aliphatic heterocycles. The Labute approximate surface area is 136 Å². The van der Waals surface area contributed by atoms with Gasteiger partial charge in [0.1, 0.15) is 6.10 Å². The highest BCUT2D eigenvalue weighted by molar-refractivity contribution is 5.80. The fourth-order valence-corrected chi connectivity index (χ4v) is 2.97. The van der Waals surface area contributed by atoms with Crippen LogP contribution in [0.4, 0.5) is 0 Å². The maximum Gasteiger partial charge on any atom is 0.249 e. The normalized spacial score (nSPS) is 17.4. The molecule has 5 nitrogen and oxygen atoms in total. The van der Waals surface area contributed by atoms with E-state index in [1.165, 1.54) is 5.56 Å². The molecule has 23 heavy (non-hydrogen) atoms. The Bertz CT molecular complexity index is 673. The van der Waals surface area contributed by atoms with Crippen molar-refractivity contribution in [2.75, 3.05) is 6.61 Å². The molecule has 1 aromatic heterocycles. The van der Waals surface area contributed by atoms with Crippen LogP contribution in [-0.4, -0.2) is 28.4 Å². The zero-order valence-corrected chi connectivity index (χ0v) is 13.7. The molecule has 0 spiro atoms. The van der Waals surface area contributed by atoms with Gasteiger partial charge < -0.3 is 10.1 Å². The molecule has 5 heteroatoms. The van der Waals surface area contributed by atoms with Crippen molar-refractivity contribution < 1.29 is 9.53 Å². The minimum absolute atomic E-state index is 0.0166. The van der Waals surface area contributed by atoms with Crippen LogP contribution >= 0.6 is 0 Å². The van der Waals surface area contributed by atoms with Crippen LogP contribution in [0.15, 0.2) is 30.3 Å². The number of hydrogen-bond acceptors (Lipinski definition) is 3. The summed E-state index contributed by atoms with van der Waals surface area (Å²) >= 11 is 0. The Hall–Kier alpha value is -2.14. The summed E-state index contributed by atoms with van der Waals surface area (Å²) in [5.74, 6) is -0.0166. The standard InChI is InChI=1S/C18H23N3O2/c1-13-16(11-19-18(22)17-9-6-10-23-17)14(2)21(20-13)12-15-7-4-3-5-8-15/h3-5,7-8,17H,6,9-12H2,1-2H3,(H,19,22)/t17-/m0/s1. The third-order valence-electron chi connectivity index (χ3n) is 4.37. The molecular formula is C18H23N3O2. The molecule has 1 amide bonds. The number of aromatic nitrogens is 2. The van der Waals surface area contributed by atoms with Gasteiger partial charge in [-0.2, -0.15) is 5.10 Å². The highest BCUT2D eigenvalue weighted by Gasteiger charge is 2.23.